The lowest BCUT2D eigenvalue weighted by atomic mass is 10.2. The maximum Gasteiger partial charge on any atom is 0.162 e. The molecule has 0 N–H and O–H groups in total. The minimum atomic E-state index is 0.423. The zero-order valence-electron chi connectivity index (χ0n) is 8.91. The van der Waals surface area contributed by atoms with Gasteiger partial charge in [-0.25, -0.2) is 9.97 Å². The third-order valence-electron chi connectivity index (χ3n) is 2.18. The standard InChI is InChI=1S/C11H8Br2ClN3/c1-2-8-9(13)10(14)17-11(16-8)6-3-7(12)5-15-4-6/h3-5H,2H2,1H3. The number of nitrogens with zero attached hydrogens (tertiary/aromatic N) is 3. The smallest absolute Gasteiger partial charge is 0.162 e. The first kappa shape index (κ1) is 12.9. The summed E-state index contributed by atoms with van der Waals surface area (Å²) in [5.41, 5.74) is 1.73. The van der Waals surface area contributed by atoms with Gasteiger partial charge in [-0.15, -0.1) is 0 Å². The molecule has 17 heavy (non-hydrogen) atoms. The van der Waals surface area contributed by atoms with Crippen LogP contribution in [0.3, 0.4) is 0 Å². The fourth-order valence-electron chi connectivity index (χ4n) is 1.36. The van der Waals surface area contributed by atoms with Crippen LogP contribution in [0.4, 0.5) is 0 Å². The second-order valence-electron chi connectivity index (χ2n) is 3.34. The highest BCUT2D eigenvalue weighted by atomic mass is 79.9. The monoisotopic (exact) mass is 375 g/mol. The average molecular weight is 377 g/mol. The fourth-order valence-corrected chi connectivity index (χ4v) is 2.37. The molecule has 2 heterocycles. The first-order valence-electron chi connectivity index (χ1n) is 4.94. The van der Waals surface area contributed by atoms with Crippen molar-refractivity contribution >= 4 is 43.5 Å². The summed E-state index contributed by atoms with van der Waals surface area (Å²) in [6.45, 7) is 2.02. The van der Waals surface area contributed by atoms with Gasteiger partial charge in [0, 0.05) is 22.4 Å². The number of halogens is 3. The lowest BCUT2D eigenvalue weighted by Crippen LogP contribution is -1.97. The van der Waals surface area contributed by atoms with Gasteiger partial charge in [0.1, 0.15) is 5.15 Å². The van der Waals surface area contributed by atoms with Gasteiger partial charge < -0.3 is 0 Å². The van der Waals surface area contributed by atoms with Crippen molar-refractivity contribution in [2.75, 3.05) is 0 Å². The number of pyridine rings is 1. The van der Waals surface area contributed by atoms with Gasteiger partial charge in [0.05, 0.1) is 10.2 Å². The second kappa shape index (κ2) is 5.42. The number of rotatable bonds is 2. The van der Waals surface area contributed by atoms with E-state index in [2.05, 4.69) is 46.8 Å². The molecule has 0 atom stereocenters. The Hall–Kier alpha value is -0.520. The number of aromatic nitrogens is 3. The molecule has 0 aliphatic rings. The molecule has 0 amide bonds. The molecule has 2 aromatic heterocycles. The molecule has 0 aliphatic carbocycles. The zero-order valence-corrected chi connectivity index (χ0v) is 12.8. The van der Waals surface area contributed by atoms with Crippen molar-refractivity contribution in [1.29, 1.82) is 0 Å². The Morgan fingerprint density at radius 2 is 2.00 bits per heavy atom. The molecule has 2 rings (SSSR count). The van der Waals surface area contributed by atoms with E-state index in [9.17, 15) is 0 Å². The van der Waals surface area contributed by atoms with Gasteiger partial charge in [-0.05, 0) is 44.3 Å². The summed E-state index contributed by atoms with van der Waals surface area (Å²) in [6, 6.07) is 1.91. The highest BCUT2D eigenvalue weighted by Crippen LogP contribution is 2.27. The van der Waals surface area contributed by atoms with Gasteiger partial charge >= 0.3 is 0 Å². The third-order valence-corrected chi connectivity index (χ3v) is 3.95. The second-order valence-corrected chi connectivity index (χ2v) is 5.41. The minimum Gasteiger partial charge on any atom is -0.263 e. The van der Waals surface area contributed by atoms with Crippen molar-refractivity contribution in [3.05, 3.63) is 38.3 Å². The summed E-state index contributed by atoms with van der Waals surface area (Å²) in [5.74, 6) is 0.587. The van der Waals surface area contributed by atoms with E-state index in [4.69, 9.17) is 11.6 Å². The lowest BCUT2D eigenvalue weighted by molar-refractivity contribution is 0.989. The van der Waals surface area contributed by atoms with Gasteiger partial charge in [-0.3, -0.25) is 4.98 Å². The van der Waals surface area contributed by atoms with E-state index in [1.807, 2.05) is 13.0 Å². The van der Waals surface area contributed by atoms with Crippen molar-refractivity contribution in [2.24, 2.45) is 0 Å². The van der Waals surface area contributed by atoms with E-state index >= 15 is 0 Å². The van der Waals surface area contributed by atoms with Crippen LogP contribution in [-0.2, 0) is 6.42 Å². The molecule has 0 aliphatic heterocycles. The van der Waals surface area contributed by atoms with Gasteiger partial charge in [0.2, 0.25) is 0 Å². The van der Waals surface area contributed by atoms with Gasteiger partial charge in [-0.2, -0.15) is 0 Å². The highest BCUT2D eigenvalue weighted by molar-refractivity contribution is 9.10. The van der Waals surface area contributed by atoms with Crippen molar-refractivity contribution in [2.45, 2.75) is 13.3 Å². The predicted octanol–water partition coefficient (Wildman–Crippen LogP) is 4.28. The Balaban J connectivity index is 2.56. The number of hydrogen-bond acceptors (Lipinski definition) is 3. The highest BCUT2D eigenvalue weighted by Gasteiger charge is 2.11. The molecule has 88 valence electrons. The Bertz CT molecular complexity index is 560. The third kappa shape index (κ3) is 2.84. The maximum absolute atomic E-state index is 6.06. The van der Waals surface area contributed by atoms with Crippen LogP contribution in [0, 0.1) is 0 Å². The van der Waals surface area contributed by atoms with Crippen molar-refractivity contribution < 1.29 is 0 Å². The number of hydrogen-bond donors (Lipinski definition) is 0. The summed E-state index contributed by atoms with van der Waals surface area (Å²) >= 11 is 12.8. The molecule has 0 aromatic carbocycles. The van der Waals surface area contributed by atoms with Crippen molar-refractivity contribution in [3.63, 3.8) is 0 Å². The first-order valence-corrected chi connectivity index (χ1v) is 6.91. The SMILES string of the molecule is CCc1nc(-c2cncc(Br)c2)nc(Cl)c1Br. The van der Waals surface area contributed by atoms with Crippen LogP contribution in [-0.4, -0.2) is 15.0 Å². The van der Waals surface area contributed by atoms with E-state index < -0.39 is 0 Å². The van der Waals surface area contributed by atoms with Crippen LogP contribution in [0.2, 0.25) is 5.15 Å². The molecule has 0 bridgehead atoms. The molecular weight excluding hydrogens is 369 g/mol. The Morgan fingerprint density at radius 1 is 1.24 bits per heavy atom. The normalized spacial score (nSPS) is 10.6. The molecule has 0 radical (unpaired) electrons. The Morgan fingerprint density at radius 3 is 2.65 bits per heavy atom. The predicted molar refractivity (Wildman–Crippen MR) is 75.1 cm³/mol. The molecule has 2 aromatic rings. The molecule has 0 saturated heterocycles. The van der Waals surface area contributed by atoms with Gasteiger partial charge in [0.25, 0.3) is 0 Å². The molecule has 0 saturated carbocycles. The first-order chi connectivity index (χ1) is 8.11. The van der Waals surface area contributed by atoms with Crippen LogP contribution in [0.5, 0.6) is 0 Å². The van der Waals surface area contributed by atoms with E-state index in [-0.39, 0.29) is 0 Å². The minimum absolute atomic E-state index is 0.423. The maximum atomic E-state index is 6.06. The van der Waals surface area contributed by atoms with Crippen LogP contribution in [0.1, 0.15) is 12.6 Å². The van der Waals surface area contributed by atoms with E-state index in [0.717, 1.165) is 26.6 Å². The fraction of sp³-hybridized carbons (Fsp3) is 0.182. The van der Waals surface area contributed by atoms with E-state index in [0.29, 0.717) is 11.0 Å². The van der Waals surface area contributed by atoms with E-state index in [1.54, 1.807) is 12.4 Å². The van der Waals surface area contributed by atoms with Crippen molar-refractivity contribution in [1.82, 2.24) is 15.0 Å². The molecule has 0 unspecified atom stereocenters. The molecule has 6 heteroatoms. The topological polar surface area (TPSA) is 38.7 Å². The molecule has 0 fully saturated rings. The molecule has 3 nitrogen and oxygen atoms in total. The van der Waals surface area contributed by atoms with Gasteiger partial charge in [-0.1, -0.05) is 18.5 Å². The number of aryl methyl sites for hydroxylation is 1. The quantitative estimate of drug-likeness (QED) is 0.734. The summed E-state index contributed by atoms with van der Waals surface area (Å²) in [4.78, 5) is 12.8. The summed E-state index contributed by atoms with van der Waals surface area (Å²) in [6.07, 6.45) is 4.21. The summed E-state index contributed by atoms with van der Waals surface area (Å²) in [5, 5.41) is 0.423. The van der Waals surface area contributed by atoms with E-state index in [1.165, 1.54) is 0 Å². The Kier molecular flexibility index (Phi) is 4.12. The summed E-state index contributed by atoms with van der Waals surface area (Å²) < 4.78 is 1.64. The average Bonchev–Trinajstić information content (AvgIpc) is 2.32. The van der Waals surface area contributed by atoms with Gasteiger partial charge in [0.15, 0.2) is 5.82 Å². The van der Waals surface area contributed by atoms with Crippen LogP contribution in [0.25, 0.3) is 11.4 Å². The van der Waals surface area contributed by atoms with Crippen LogP contribution < -0.4 is 0 Å². The Labute approximate surface area is 121 Å². The zero-order chi connectivity index (χ0) is 12.4. The molecular formula is C11H8Br2ClN3. The summed E-state index contributed by atoms with van der Waals surface area (Å²) in [7, 11) is 0. The lowest BCUT2D eigenvalue weighted by Gasteiger charge is -2.06. The van der Waals surface area contributed by atoms with Crippen LogP contribution in [0.15, 0.2) is 27.4 Å². The van der Waals surface area contributed by atoms with Crippen molar-refractivity contribution in [3.8, 4) is 11.4 Å². The molecule has 0 spiro atoms. The largest absolute Gasteiger partial charge is 0.263 e. The van der Waals surface area contributed by atoms with Crippen LogP contribution >= 0.6 is 43.5 Å².